The van der Waals surface area contributed by atoms with E-state index < -0.39 is 17.4 Å². The van der Waals surface area contributed by atoms with Crippen molar-refractivity contribution in [2.24, 2.45) is 11.8 Å². The molecule has 7 heteroatoms. The zero-order valence-electron chi connectivity index (χ0n) is 18.8. The minimum Gasteiger partial charge on any atom is -0.360 e. The fourth-order valence-electron chi connectivity index (χ4n) is 6.19. The molecule has 3 fully saturated rings. The molecule has 0 aromatic heterocycles. The van der Waals surface area contributed by atoms with Crippen LogP contribution in [0.4, 0.5) is 0 Å². The van der Waals surface area contributed by atoms with Crippen LogP contribution in [0.3, 0.4) is 0 Å². The van der Waals surface area contributed by atoms with Gasteiger partial charge in [-0.1, -0.05) is 48.4 Å². The van der Waals surface area contributed by atoms with Crippen molar-refractivity contribution in [2.75, 3.05) is 19.6 Å². The number of hydrogen-bond donors (Lipinski definition) is 1. The van der Waals surface area contributed by atoms with E-state index in [0.29, 0.717) is 36.7 Å². The Bertz CT molecular complexity index is 927. The fraction of sp³-hybridized carbons (Fsp3) is 0.600. The zero-order valence-corrected chi connectivity index (χ0v) is 19.6. The summed E-state index contributed by atoms with van der Waals surface area (Å²) in [5.41, 5.74) is 0.212. The first-order chi connectivity index (χ1) is 15.4. The topological polar surface area (TPSA) is 61.9 Å². The normalized spacial score (nSPS) is 36.0. The van der Waals surface area contributed by atoms with Gasteiger partial charge in [0.1, 0.15) is 5.60 Å². The summed E-state index contributed by atoms with van der Waals surface area (Å²) in [5, 5.41) is 3.76. The molecule has 6 unspecified atom stereocenters. The lowest BCUT2D eigenvalue weighted by Crippen LogP contribution is -2.49. The van der Waals surface area contributed by atoms with Crippen LogP contribution < -0.4 is 5.32 Å². The predicted octanol–water partition coefficient (Wildman–Crippen LogP) is 3.00. The van der Waals surface area contributed by atoms with Gasteiger partial charge >= 0.3 is 0 Å². The summed E-state index contributed by atoms with van der Waals surface area (Å²) in [6.45, 7) is 6.85. The highest BCUT2D eigenvalue weighted by Crippen LogP contribution is 2.52. The van der Waals surface area contributed by atoms with Gasteiger partial charge < -0.3 is 15.0 Å². The molecule has 32 heavy (non-hydrogen) atoms. The highest BCUT2D eigenvalue weighted by Gasteiger charge is 2.66. The van der Waals surface area contributed by atoms with Crippen LogP contribution in [-0.4, -0.2) is 65.0 Å². The average molecular weight is 458 g/mol. The third-order valence-corrected chi connectivity index (χ3v) is 8.21. The van der Waals surface area contributed by atoms with Crippen molar-refractivity contribution in [3.05, 3.63) is 47.0 Å². The third-order valence-electron chi connectivity index (χ3n) is 7.85. The van der Waals surface area contributed by atoms with E-state index in [1.165, 1.54) is 19.3 Å². The summed E-state index contributed by atoms with van der Waals surface area (Å²) in [7, 11) is 0. The molecule has 5 rings (SSSR count). The monoisotopic (exact) mass is 457 g/mol. The van der Waals surface area contributed by atoms with Crippen LogP contribution in [0.15, 0.2) is 36.4 Å². The molecule has 1 aromatic rings. The van der Waals surface area contributed by atoms with Crippen molar-refractivity contribution in [1.29, 1.82) is 0 Å². The second-order valence-corrected chi connectivity index (χ2v) is 10.3. The van der Waals surface area contributed by atoms with Gasteiger partial charge in [-0.15, -0.1) is 0 Å². The number of halogens is 1. The van der Waals surface area contributed by atoms with Gasteiger partial charge in [0.05, 0.1) is 24.5 Å². The third kappa shape index (κ3) is 3.66. The van der Waals surface area contributed by atoms with Gasteiger partial charge in [0.2, 0.25) is 11.8 Å². The van der Waals surface area contributed by atoms with Crippen molar-refractivity contribution >= 4 is 23.4 Å². The number of ether oxygens (including phenoxy) is 1. The second kappa shape index (κ2) is 8.47. The molecule has 1 N–H and O–H groups in total. The fourth-order valence-corrected chi connectivity index (χ4v) is 6.38. The van der Waals surface area contributed by atoms with Crippen molar-refractivity contribution in [2.45, 2.75) is 63.4 Å². The number of fused-ring (bicyclic) bond motifs is 1. The van der Waals surface area contributed by atoms with Gasteiger partial charge in [-0.05, 0) is 38.3 Å². The molecule has 4 heterocycles. The van der Waals surface area contributed by atoms with E-state index in [2.05, 4.69) is 24.1 Å². The first-order valence-corrected chi connectivity index (χ1v) is 12.2. The number of rotatable bonds is 6. The van der Waals surface area contributed by atoms with Crippen molar-refractivity contribution < 1.29 is 14.3 Å². The van der Waals surface area contributed by atoms with Crippen LogP contribution in [0.1, 0.15) is 38.7 Å². The minimum absolute atomic E-state index is 0.0183. The van der Waals surface area contributed by atoms with Crippen molar-refractivity contribution in [1.82, 2.24) is 15.1 Å². The van der Waals surface area contributed by atoms with Crippen molar-refractivity contribution in [3.8, 4) is 0 Å². The largest absolute Gasteiger partial charge is 0.360 e. The maximum Gasteiger partial charge on any atom is 0.230 e. The SMILES string of the molecule is CC1CCCC(C)N1CCNC(=O)C1C2C=CC3(CN(Cc4ccccc4Cl)C(=O)C13)O2. The Hall–Kier alpha value is -1.89. The van der Waals surface area contributed by atoms with Crippen molar-refractivity contribution in [3.63, 3.8) is 0 Å². The van der Waals surface area contributed by atoms with Crippen LogP contribution in [0, 0.1) is 11.8 Å². The highest BCUT2D eigenvalue weighted by atomic mass is 35.5. The molecule has 172 valence electrons. The minimum atomic E-state index is -0.694. The smallest absolute Gasteiger partial charge is 0.230 e. The molecule has 0 aliphatic carbocycles. The lowest BCUT2D eigenvalue weighted by Gasteiger charge is -2.39. The summed E-state index contributed by atoms with van der Waals surface area (Å²) >= 11 is 6.32. The van der Waals surface area contributed by atoms with Gasteiger partial charge in [0.25, 0.3) is 0 Å². The Morgan fingerprint density at radius 1 is 1.25 bits per heavy atom. The summed E-state index contributed by atoms with van der Waals surface area (Å²) in [4.78, 5) is 30.9. The first kappa shape index (κ1) is 21.9. The van der Waals surface area contributed by atoms with E-state index in [1.54, 1.807) is 4.90 Å². The summed E-state index contributed by atoms with van der Waals surface area (Å²) in [6, 6.07) is 8.65. The summed E-state index contributed by atoms with van der Waals surface area (Å²) in [5.74, 6) is -1.03. The Morgan fingerprint density at radius 2 is 2.00 bits per heavy atom. The highest BCUT2D eigenvalue weighted by molar-refractivity contribution is 6.31. The molecule has 6 atom stereocenters. The molecule has 0 saturated carbocycles. The molecular weight excluding hydrogens is 426 g/mol. The zero-order chi connectivity index (χ0) is 22.5. The number of likely N-dealkylation sites (tertiary alicyclic amines) is 2. The Morgan fingerprint density at radius 3 is 2.75 bits per heavy atom. The molecular formula is C25H32ClN3O3. The van der Waals surface area contributed by atoms with E-state index >= 15 is 0 Å². The van der Waals surface area contributed by atoms with Gasteiger partial charge in [-0.3, -0.25) is 14.5 Å². The van der Waals surface area contributed by atoms with E-state index in [9.17, 15) is 9.59 Å². The maximum atomic E-state index is 13.4. The van der Waals surface area contributed by atoms with E-state index in [-0.39, 0.29) is 17.9 Å². The predicted molar refractivity (Wildman–Crippen MR) is 123 cm³/mol. The number of benzene rings is 1. The maximum absolute atomic E-state index is 13.4. The molecule has 2 amide bonds. The quantitative estimate of drug-likeness (QED) is 0.667. The number of carbonyl (C=O) groups is 2. The van der Waals surface area contributed by atoms with Crippen LogP contribution in [-0.2, 0) is 20.9 Å². The molecule has 3 saturated heterocycles. The standard InChI is InChI=1S/C25H32ClN3O3/c1-16-6-5-7-17(2)29(16)13-12-27-23(30)21-20-10-11-25(32-20)15-28(24(31)22(21)25)14-18-8-3-4-9-19(18)26/h3-4,8-11,16-17,20-22H,5-7,12-15H2,1-2H3,(H,27,30). The van der Waals surface area contributed by atoms with Gasteiger partial charge in [-0.2, -0.15) is 0 Å². The van der Waals surface area contributed by atoms with Crippen LogP contribution in [0.5, 0.6) is 0 Å². The van der Waals surface area contributed by atoms with Gasteiger partial charge in [0, 0.05) is 36.7 Å². The number of nitrogens with one attached hydrogen (secondary N) is 1. The Kier molecular flexibility index (Phi) is 5.81. The summed E-state index contributed by atoms with van der Waals surface area (Å²) < 4.78 is 6.24. The molecule has 2 bridgehead atoms. The number of piperidine rings is 1. The molecule has 0 radical (unpaired) electrons. The number of nitrogens with zero attached hydrogens (tertiary/aromatic N) is 2. The van der Waals surface area contributed by atoms with Crippen LogP contribution in [0.2, 0.25) is 5.02 Å². The molecule has 6 nitrogen and oxygen atoms in total. The Balaban J connectivity index is 1.25. The first-order valence-electron chi connectivity index (χ1n) is 11.8. The summed E-state index contributed by atoms with van der Waals surface area (Å²) in [6.07, 6.45) is 7.33. The van der Waals surface area contributed by atoms with E-state index in [1.807, 2.05) is 36.4 Å². The lowest BCUT2D eigenvalue weighted by molar-refractivity contribution is -0.137. The molecule has 1 spiro atoms. The van der Waals surface area contributed by atoms with E-state index in [0.717, 1.165) is 12.1 Å². The second-order valence-electron chi connectivity index (χ2n) is 9.84. The number of amides is 2. The van der Waals surface area contributed by atoms with Crippen LogP contribution in [0.25, 0.3) is 0 Å². The van der Waals surface area contributed by atoms with E-state index in [4.69, 9.17) is 16.3 Å². The van der Waals surface area contributed by atoms with Gasteiger partial charge in [0.15, 0.2) is 0 Å². The van der Waals surface area contributed by atoms with Crippen LogP contribution >= 0.6 is 11.6 Å². The number of carbonyl (C=O) groups excluding carboxylic acids is 2. The Labute approximate surface area is 194 Å². The molecule has 4 aliphatic rings. The molecule has 1 aromatic carbocycles. The number of hydrogen-bond acceptors (Lipinski definition) is 4. The lowest BCUT2D eigenvalue weighted by atomic mass is 9.77. The van der Waals surface area contributed by atoms with Gasteiger partial charge in [-0.25, -0.2) is 0 Å². The molecule has 4 aliphatic heterocycles. The average Bonchev–Trinajstić information content (AvgIpc) is 3.40.